The van der Waals surface area contributed by atoms with Crippen molar-refractivity contribution in [3.8, 4) is 0 Å². The number of imidazole rings is 1. The van der Waals surface area contributed by atoms with Gasteiger partial charge in [0, 0.05) is 13.6 Å². The third kappa shape index (κ3) is 2.47. The molecule has 2 heterocycles. The van der Waals surface area contributed by atoms with Gasteiger partial charge in [0.2, 0.25) is 10.9 Å². The number of halogens is 1. The first-order valence-electron chi connectivity index (χ1n) is 5.83. The van der Waals surface area contributed by atoms with Crippen LogP contribution in [0.25, 0.3) is 0 Å². The van der Waals surface area contributed by atoms with Crippen LogP contribution >= 0.6 is 11.6 Å². The standard InChI is InChI=1S/C10H15ClN4O3S/c1-14-6-13-10(8(14)11)19(17,18)15-5-3-2-4-7(15)9(12)16/h6-7H,2-5H2,1H3,(H2,12,16). The Morgan fingerprint density at radius 2 is 2.21 bits per heavy atom. The number of aromatic nitrogens is 2. The van der Waals surface area contributed by atoms with Crippen LogP contribution in [0.5, 0.6) is 0 Å². The molecule has 0 spiro atoms. The Morgan fingerprint density at radius 3 is 2.74 bits per heavy atom. The lowest BCUT2D eigenvalue weighted by Crippen LogP contribution is -2.50. The molecule has 0 aliphatic carbocycles. The molecule has 0 aromatic carbocycles. The maximum Gasteiger partial charge on any atom is 0.264 e. The highest BCUT2D eigenvalue weighted by molar-refractivity contribution is 7.89. The fourth-order valence-corrected chi connectivity index (χ4v) is 4.21. The molecule has 0 bridgehead atoms. The number of aryl methyl sites for hydroxylation is 1. The molecule has 106 valence electrons. The molecule has 1 atom stereocenters. The number of nitrogens with two attached hydrogens (primary N) is 1. The predicted octanol–water partition coefficient (Wildman–Crippen LogP) is 0.102. The molecule has 1 aliphatic heterocycles. The summed E-state index contributed by atoms with van der Waals surface area (Å²) >= 11 is 5.92. The summed E-state index contributed by atoms with van der Waals surface area (Å²) in [5, 5.41) is -0.210. The largest absolute Gasteiger partial charge is 0.368 e. The summed E-state index contributed by atoms with van der Waals surface area (Å²) in [4.78, 5) is 15.2. The van der Waals surface area contributed by atoms with Gasteiger partial charge in [-0.05, 0) is 12.8 Å². The van der Waals surface area contributed by atoms with Gasteiger partial charge in [-0.1, -0.05) is 18.0 Å². The van der Waals surface area contributed by atoms with Gasteiger partial charge in [-0.2, -0.15) is 4.31 Å². The van der Waals surface area contributed by atoms with Crippen molar-refractivity contribution < 1.29 is 13.2 Å². The van der Waals surface area contributed by atoms with Gasteiger partial charge in [0.05, 0.1) is 6.33 Å². The number of hydrogen-bond acceptors (Lipinski definition) is 4. The van der Waals surface area contributed by atoms with Gasteiger partial charge in [0.15, 0.2) is 0 Å². The zero-order valence-electron chi connectivity index (χ0n) is 10.4. The zero-order chi connectivity index (χ0) is 14.2. The summed E-state index contributed by atoms with van der Waals surface area (Å²) in [6, 6.07) is -0.822. The van der Waals surface area contributed by atoms with Crippen LogP contribution in [0.2, 0.25) is 5.15 Å². The molecule has 1 aromatic rings. The van der Waals surface area contributed by atoms with Gasteiger partial charge in [0.1, 0.15) is 11.2 Å². The van der Waals surface area contributed by atoms with E-state index in [1.165, 1.54) is 10.9 Å². The Labute approximate surface area is 116 Å². The summed E-state index contributed by atoms with van der Waals surface area (Å²) < 4.78 is 27.5. The van der Waals surface area contributed by atoms with Gasteiger partial charge in [0.25, 0.3) is 10.0 Å². The number of primary amides is 1. The number of hydrogen-bond donors (Lipinski definition) is 1. The maximum atomic E-state index is 12.5. The summed E-state index contributed by atoms with van der Waals surface area (Å²) in [6.07, 6.45) is 3.21. The van der Waals surface area contributed by atoms with E-state index in [0.717, 1.165) is 10.7 Å². The SMILES string of the molecule is Cn1cnc(S(=O)(=O)N2CCCCC2C(N)=O)c1Cl. The Kier molecular flexibility index (Phi) is 3.84. The Bertz CT molecular complexity index is 598. The molecule has 1 aromatic heterocycles. The first-order valence-corrected chi connectivity index (χ1v) is 7.65. The lowest BCUT2D eigenvalue weighted by molar-refractivity contribution is -0.122. The molecule has 1 fully saturated rings. The number of sulfonamides is 1. The van der Waals surface area contributed by atoms with Crippen molar-refractivity contribution >= 4 is 27.5 Å². The highest BCUT2D eigenvalue weighted by Crippen LogP contribution is 2.28. The molecule has 2 rings (SSSR count). The van der Waals surface area contributed by atoms with Crippen molar-refractivity contribution in [2.45, 2.75) is 30.3 Å². The Hall–Kier alpha value is -1.12. The van der Waals surface area contributed by atoms with E-state index in [4.69, 9.17) is 17.3 Å². The first-order chi connectivity index (χ1) is 8.85. The second kappa shape index (κ2) is 5.10. The van der Waals surface area contributed by atoms with Gasteiger partial charge in [-0.15, -0.1) is 0 Å². The predicted molar refractivity (Wildman–Crippen MR) is 68.9 cm³/mol. The van der Waals surface area contributed by atoms with Gasteiger partial charge >= 0.3 is 0 Å². The molecule has 0 saturated carbocycles. The van der Waals surface area contributed by atoms with Gasteiger partial charge < -0.3 is 10.3 Å². The molecule has 0 radical (unpaired) electrons. The molecule has 9 heteroatoms. The second-order valence-electron chi connectivity index (χ2n) is 4.48. The first kappa shape index (κ1) is 14.3. The quantitative estimate of drug-likeness (QED) is 0.856. The van der Waals surface area contributed by atoms with E-state index in [0.29, 0.717) is 12.8 Å². The number of carbonyl (C=O) groups is 1. The fourth-order valence-electron chi connectivity index (χ4n) is 2.15. The highest BCUT2D eigenvalue weighted by atomic mass is 35.5. The third-order valence-electron chi connectivity index (χ3n) is 3.17. The van der Waals surface area contributed by atoms with Gasteiger partial charge in [-0.3, -0.25) is 4.79 Å². The van der Waals surface area contributed by atoms with Crippen LogP contribution in [0.15, 0.2) is 11.4 Å². The van der Waals surface area contributed by atoms with E-state index in [1.54, 1.807) is 7.05 Å². The molecule has 2 N–H and O–H groups in total. The second-order valence-corrected chi connectivity index (χ2v) is 6.65. The van der Waals surface area contributed by atoms with Crippen LogP contribution in [-0.2, 0) is 21.9 Å². The van der Waals surface area contributed by atoms with Crippen LogP contribution in [0.1, 0.15) is 19.3 Å². The number of piperidine rings is 1. The van der Waals surface area contributed by atoms with E-state index in [1.807, 2.05) is 0 Å². The number of amides is 1. The highest BCUT2D eigenvalue weighted by Gasteiger charge is 2.39. The minimum absolute atomic E-state index is 0.0220. The van der Waals surface area contributed by atoms with Gasteiger partial charge in [-0.25, -0.2) is 13.4 Å². The van der Waals surface area contributed by atoms with E-state index in [2.05, 4.69) is 4.98 Å². The molecule has 19 heavy (non-hydrogen) atoms. The minimum Gasteiger partial charge on any atom is -0.368 e. The van der Waals surface area contributed by atoms with E-state index in [9.17, 15) is 13.2 Å². The number of carbonyl (C=O) groups excluding carboxylic acids is 1. The smallest absolute Gasteiger partial charge is 0.264 e. The topological polar surface area (TPSA) is 98.3 Å². The van der Waals surface area contributed by atoms with Crippen molar-refractivity contribution in [3.63, 3.8) is 0 Å². The monoisotopic (exact) mass is 306 g/mol. The van der Waals surface area contributed by atoms with E-state index < -0.39 is 22.0 Å². The molecule has 1 amide bonds. The summed E-state index contributed by atoms with van der Waals surface area (Å²) in [6.45, 7) is 0.253. The van der Waals surface area contributed by atoms with Crippen LogP contribution in [0.4, 0.5) is 0 Å². The molecule has 1 aliphatic rings. The lowest BCUT2D eigenvalue weighted by Gasteiger charge is -2.31. The summed E-state index contributed by atoms with van der Waals surface area (Å²) in [5.74, 6) is -0.643. The third-order valence-corrected chi connectivity index (χ3v) is 5.57. The van der Waals surface area contributed by atoms with E-state index in [-0.39, 0.29) is 16.7 Å². The minimum atomic E-state index is -3.90. The maximum absolute atomic E-state index is 12.5. The van der Waals surface area contributed by atoms with Crippen LogP contribution in [-0.4, -0.2) is 40.8 Å². The average Bonchev–Trinajstić information content (AvgIpc) is 2.70. The number of nitrogens with zero attached hydrogens (tertiary/aromatic N) is 3. The van der Waals surface area contributed by atoms with Crippen molar-refractivity contribution in [1.82, 2.24) is 13.9 Å². The summed E-state index contributed by atoms with van der Waals surface area (Å²) in [7, 11) is -2.30. The fraction of sp³-hybridized carbons (Fsp3) is 0.600. The van der Waals surface area contributed by atoms with E-state index >= 15 is 0 Å². The normalized spacial score (nSPS) is 21.5. The molecule has 7 nitrogen and oxygen atoms in total. The molecule has 1 saturated heterocycles. The van der Waals surface area contributed by atoms with Crippen LogP contribution < -0.4 is 5.73 Å². The zero-order valence-corrected chi connectivity index (χ0v) is 12.0. The molecule has 1 unspecified atom stereocenters. The molecular formula is C10H15ClN4O3S. The lowest BCUT2D eigenvalue weighted by atomic mass is 10.0. The van der Waals surface area contributed by atoms with Crippen molar-refractivity contribution in [3.05, 3.63) is 11.5 Å². The Balaban J connectivity index is 2.43. The van der Waals surface area contributed by atoms with Crippen molar-refractivity contribution in [2.24, 2.45) is 12.8 Å². The van der Waals surface area contributed by atoms with Crippen molar-refractivity contribution in [2.75, 3.05) is 6.54 Å². The Morgan fingerprint density at radius 1 is 1.53 bits per heavy atom. The van der Waals surface area contributed by atoms with Crippen molar-refractivity contribution in [1.29, 1.82) is 0 Å². The average molecular weight is 307 g/mol. The van der Waals surface area contributed by atoms with Crippen LogP contribution in [0.3, 0.4) is 0 Å². The van der Waals surface area contributed by atoms with Crippen LogP contribution in [0, 0.1) is 0 Å². The number of rotatable bonds is 3. The molecular weight excluding hydrogens is 292 g/mol. The summed E-state index contributed by atoms with van der Waals surface area (Å²) in [5.41, 5.74) is 5.27.